The van der Waals surface area contributed by atoms with Crippen molar-refractivity contribution in [2.45, 2.75) is 18.9 Å². The third-order valence-corrected chi connectivity index (χ3v) is 4.33. The average molecular weight is 344 g/mol. The lowest BCUT2D eigenvalue weighted by Gasteiger charge is -2.14. The number of halogens is 2. The van der Waals surface area contributed by atoms with E-state index in [4.69, 9.17) is 23.2 Å². The Morgan fingerprint density at radius 3 is 2.81 bits per heavy atom. The van der Waals surface area contributed by atoms with Crippen molar-refractivity contribution in [3.63, 3.8) is 0 Å². The molecule has 0 aliphatic rings. The van der Waals surface area contributed by atoms with E-state index in [1.165, 1.54) is 0 Å². The molecule has 0 spiro atoms. The largest absolute Gasteiger partial charge is 0.387 e. The Hall–Kier alpha value is -1.07. The highest BCUT2D eigenvalue weighted by molar-refractivity contribution is 7.07. The summed E-state index contributed by atoms with van der Waals surface area (Å²) in [6, 6.07) is 6.89. The summed E-state index contributed by atoms with van der Waals surface area (Å²) in [5.41, 5.74) is 1.70. The van der Waals surface area contributed by atoms with Gasteiger partial charge >= 0.3 is 0 Å². The monoisotopic (exact) mass is 343 g/mol. The zero-order valence-electron chi connectivity index (χ0n) is 11.2. The number of carbonyl (C=O) groups is 1. The van der Waals surface area contributed by atoms with Crippen molar-refractivity contribution >= 4 is 40.4 Å². The maximum atomic E-state index is 11.7. The molecule has 0 fully saturated rings. The van der Waals surface area contributed by atoms with Crippen molar-refractivity contribution in [1.82, 2.24) is 5.32 Å². The molecule has 1 atom stereocenters. The summed E-state index contributed by atoms with van der Waals surface area (Å²) in [6.07, 6.45) is 0.255. The number of aliphatic hydroxyl groups excluding tert-OH is 1. The minimum atomic E-state index is -0.847. The summed E-state index contributed by atoms with van der Waals surface area (Å²) < 4.78 is 0. The maximum Gasteiger partial charge on any atom is 0.220 e. The standard InChI is InChI=1S/C15H15Cl2NO2S/c16-11-2-3-12(13(17)7-11)14(19)8-18-15(20)4-1-10-5-6-21-9-10/h2-3,5-7,9,14,19H,1,4,8H2,(H,18,20). The number of hydrogen-bond donors (Lipinski definition) is 2. The van der Waals surface area contributed by atoms with Gasteiger partial charge in [0.15, 0.2) is 0 Å². The number of nitrogens with one attached hydrogen (secondary N) is 1. The minimum absolute atomic E-state index is 0.0923. The van der Waals surface area contributed by atoms with E-state index in [0.29, 0.717) is 28.5 Å². The van der Waals surface area contributed by atoms with E-state index < -0.39 is 6.10 Å². The van der Waals surface area contributed by atoms with Crippen molar-refractivity contribution in [1.29, 1.82) is 0 Å². The first-order chi connectivity index (χ1) is 10.1. The topological polar surface area (TPSA) is 49.3 Å². The van der Waals surface area contributed by atoms with Crippen LogP contribution in [0, 0.1) is 0 Å². The maximum absolute atomic E-state index is 11.7. The summed E-state index contributed by atoms with van der Waals surface area (Å²) in [5.74, 6) is -0.0923. The fraction of sp³-hybridized carbons (Fsp3) is 0.267. The number of aliphatic hydroxyl groups is 1. The SMILES string of the molecule is O=C(CCc1ccsc1)NCC(O)c1ccc(Cl)cc1Cl. The second-order valence-corrected chi connectivity index (χ2v) is 6.24. The van der Waals surface area contributed by atoms with Crippen LogP contribution >= 0.6 is 34.5 Å². The first-order valence-electron chi connectivity index (χ1n) is 6.47. The van der Waals surface area contributed by atoms with Gasteiger partial charge in [0.2, 0.25) is 5.91 Å². The van der Waals surface area contributed by atoms with Gasteiger partial charge in [0.25, 0.3) is 0 Å². The molecule has 0 radical (unpaired) electrons. The van der Waals surface area contributed by atoms with Crippen molar-refractivity contribution < 1.29 is 9.90 Å². The molecule has 21 heavy (non-hydrogen) atoms. The highest BCUT2D eigenvalue weighted by Crippen LogP contribution is 2.25. The van der Waals surface area contributed by atoms with Gasteiger partial charge < -0.3 is 10.4 Å². The van der Waals surface area contributed by atoms with Gasteiger partial charge in [0.1, 0.15) is 0 Å². The molecule has 0 aliphatic carbocycles. The summed E-state index contributed by atoms with van der Waals surface area (Å²) in [4.78, 5) is 11.7. The Kier molecular flexibility index (Phi) is 6.06. The molecule has 0 saturated carbocycles. The van der Waals surface area contributed by atoms with Crippen LogP contribution in [0.3, 0.4) is 0 Å². The van der Waals surface area contributed by atoms with Gasteiger partial charge in [-0.1, -0.05) is 29.3 Å². The van der Waals surface area contributed by atoms with Crippen LogP contribution in [0.15, 0.2) is 35.0 Å². The first kappa shape index (κ1) is 16.3. The van der Waals surface area contributed by atoms with Crippen LogP contribution < -0.4 is 5.32 Å². The minimum Gasteiger partial charge on any atom is -0.387 e. The molecule has 2 aromatic rings. The second-order valence-electron chi connectivity index (χ2n) is 4.62. The molecule has 1 aromatic carbocycles. The number of thiophene rings is 1. The fourth-order valence-electron chi connectivity index (χ4n) is 1.87. The van der Waals surface area contributed by atoms with Gasteiger partial charge in [0, 0.05) is 28.6 Å². The molecule has 1 aromatic heterocycles. The molecular weight excluding hydrogens is 329 g/mol. The smallest absolute Gasteiger partial charge is 0.220 e. The van der Waals surface area contributed by atoms with Crippen LogP contribution in [-0.4, -0.2) is 17.6 Å². The van der Waals surface area contributed by atoms with E-state index in [1.807, 2.05) is 16.8 Å². The predicted molar refractivity (Wildman–Crippen MR) is 87.1 cm³/mol. The molecular formula is C15H15Cl2NO2S. The Labute approximate surface area is 137 Å². The summed E-state index contributed by atoms with van der Waals surface area (Å²) in [7, 11) is 0. The van der Waals surface area contributed by atoms with Gasteiger partial charge in [0.05, 0.1) is 6.10 Å². The molecule has 6 heteroatoms. The van der Waals surface area contributed by atoms with E-state index in [-0.39, 0.29) is 12.5 Å². The van der Waals surface area contributed by atoms with Crippen molar-refractivity contribution in [3.05, 3.63) is 56.2 Å². The lowest BCUT2D eigenvalue weighted by Crippen LogP contribution is -2.28. The predicted octanol–water partition coefficient (Wildman–Crippen LogP) is 3.84. The first-order valence-corrected chi connectivity index (χ1v) is 8.17. The lowest BCUT2D eigenvalue weighted by atomic mass is 10.1. The molecule has 1 amide bonds. The quantitative estimate of drug-likeness (QED) is 0.837. The van der Waals surface area contributed by atoms with Gasteiger partial charge in [-0.05, 0) is 40.9 Å². The second kappa shape index (κ2) is 7.80. The molecule has 1 heterocycles. The number of aryl methyl sites for hydroxylation is 1. The summed E-state index contributed by atoms with van der Waals surface area (Å²) >= 11 is 13.4. The van der Waals surface area contributed by atoms with Crippen LogP contribution in [0.5, 0.6) is 0 Å². The number of benzene rings is 1. The lowest BCUT2D eigenvalue weighted by molar-refractivity contribution is -0.121. The van der Waals surface area contributed by atoms with Gasteiger partial charge in [-0.2, -0.15) is 11.3 Å². The van der Waals surface area contributed by atoms with E-state index in [0.717, 1.165) is 5.56 Å². The van der Waals surface area contributed by atoms with Crippen LogP contribution in [0.1, 0.15) is 23.7 Å². The number of rotatable bonds is 6. The van der Waals surface area contributed by atoms with Gasteiger partial charge in [-0.3, -0.25) is 4.79 Å². The zero-order valence-corrected chi connectivity index (χ0v) is 13.5. The number of amides is 1. The van der Waals surface area contributed by atoms with Gasteiger partial charge in [-0.15, -0.1) is 0 Å². The van der Waals surface area contributed by atoms with Crippen LogP contribution in [0.2, 0.25) is 10.0 Å². The molecule has 0 aliphatic heterocycles. The Bertz CT molecular complexity index is 602. The van der Waals surface area contributed by atoms with Crippen molar-refractivity contribution in [2.24, 2.45) is 0 Å². The fourth-order valence-corrected chi connectivity index (χ4v) is 3.11. The molecule has 112 valence electrons. The molecule has 2 rings (SSSR count). The highest BCUT2D eigenvalue weighted by Gasteiger charge is 2.13. The van der Waals surface area contributed by atoms with Crippen molar-refractivity contribution in [3.8, 4) is 0 Å². The summed E-state index contributed by atoms with van der Waals surface area (Å²) in [5, 5.41) is 17.7. The third-order valence-electron chi connectivity index (χ3n) is 3.03. The Morgan fingerprint density at radius 2 is 2.14 bits per heavy atom. The molecule has 2 N–H and O–H groups in total. The van der Waals surface area contributed by atoms with E-state index in [1.54, 1.807) is 29.5 Å². The molecule has 1 unspecified atom stereocenters. The number of carbonyl (C=O) groups excluding carboxylic acids is 1. The third kappa shape index (κ3) is 5.00. The van der Waals surface area contributed by atoms with Crippen LogP contribution in [-0.2, 0) is 11.2 Å². The van der Waals surface area contributed by atoms with E-state index in [9.17, 15) is 9.90 Å². The highest BCUT2D eigenvalue weighted by atomic mass is 35.5. The van der Waals surface area contributed by atoms with Crippen LogP contribution in [0.25, 0.3) is 0 Å². The zero-order chi connectivity index (χ0) is 15.2. The molecule has 3 nitrogen and oxygen atoms in total. The number of hydrogen-bond acceptors (Lipinski definition) is 3. The molecule has 0 saturated heterocycles. The van der Waals surface area contributed by atoms with Gasteiger partial charge in [-0.25, -0.2) is 0 Å². The molecule has 0 bridgehead atoms. The Balaban J connectivity index is 1.80. The van der Waals surface area contributed by atoms with Crippen LogP contribution in [0.4, 0.5) is 0 Å². The Morgan fingerprint density at radius 1 is 1.33 bits per heavy atom. The summed E-state index contributed by atoms with van der Waals surface area (Å²) in [6.45, 7) is 0.129. The normalized spacial score (nSPS) is 12.1. The van der Waals surface area contributed by atoms with Crippen molar-refractivity contribution in [2.75, 3.05) is 6.54 Å². The van der Waals surface area contributed by atoms with E-state index in [2.05, 4.69) is 5.32 Å². The average Bonchev–Trinajstić information content (AvgIpc) is 2.95. The van der Waals surface area contributed by atoms with E-state index >= 15 is 0 Å².